The molecule has 0 fully saturated rings. The van der Waals surface area contributed by atoms with Gasteiger partial charge < -0.3 is 21.0 Å². The Labute approximate surface area is 112 Å². The molecule has 1 amide bonds. The highest BCUT2D eigenvalue weighted by Crippen LogP contribution is 2.08. The summed E-state index contributed by atoms with van der Waals surface area (Å²) in [6, 6.07) is 7.04. The van der Waals surface area contributed by atoms with Gasteiger partial charge in [0.2, 0.25) is 0 Å². The van der Waals surface area contributed by atoms with E-state index in [-0.39, 0.29) is 11.7 Å². The van der Waals surface area contributed by atoms with Crippen LogP contribution in [0.15, 0.2) is 29.4 Å². The average molecular weight is 265 g/mol. The summed E-state index contributed by atoms with van der Waals surface area (Å²) in [4.78, 5) is 11.8. The van der Waals surface area contributed by atoms with Crippen molar-refractivity contribution in [2.24, 2.45) is 10.9 Å². The van der Waals surface area contributed by atoms with Crippen LogP contribution in [0.3, 0.4) is 0 Å². The first-order valence-electron chi connectivity index (χ1n) is 5.81. The van der Waals surface area contributed by atoms with Crippen LogP contribution in [0.5, 0.6) is 0 Å². The minimum Gasteiger partial charge on any atom is -0.409 e. The highest BCUT2D eigenvalue weighted by molar-refractivity contribution is 5.96. The van der Waals surface area contributed by atoms with Gasteiger partial charge in [0.25, 0.3) is 5.91 Å². The number of hydrogen-bond acceptors (Lipinski definition) is 4. The lowest BCUT2D eigenvalue weighted by Crippen LogP contribution is -2.43. The van der Waals surface area contributed by atoms with Crippen LogP contribution in [0.1, 0.15) is 25.0 Å². The third kappa shape index (κ3) is 3.96. The second kappa shape index (κ2) is 6.19. The maximum Gasteiger partial charge on any atom is 0.251 e. The van der Waals surface area contributed by atoms with Gasteiger partial charge in [-0.15, -0.1) is 0 Å². The predicted molar refractivity (Wildman–Crippen MR) is 71.9 cm³/mol. The number of hydrogen-bond donors (Lipinski definition) is 3. The van der Waals surface area contributed by atoms with E-state index in [1.165, 1.54) is 7.11 Å². The first kappa shape index (κ1) is 15.0. The monoisotopic (exact) mass is 265 g/mol. The van der Waals surface area contributed by atoms with Crippen molar-refractivity contribution in [2.75, 3.05) is 7.11 Å². The van der Waals surface area contributed by atoms with Crippen molar-refractivity contribution in [3.8, 4) is 0 Å². The van der Waals surface area contributed by atoms with Crippen LogP contribution in [0.4, 0.5) is 0 Å². The highest BCUT2D eigenvalue weighted by Gasteiger charge is 2.26. The Morgan fingerprint density at radius 2 is 2.00 bits per heavy atom. The van der Waals surface area contributed by atoms with Crippen LogP contribution < -0.4 is 11.1 Å². The number of amides is 1. The van der Waals surface area contributed by atoms with Crippen LogP contribution >= 0.6 is 0 Å². The summed E-state index contributed by atoms with van der Waals surface area (Å²) < 4.78 is 5.08. The van der Waals surface area contributed by atoms with E-state index >= 15 is 0 Å². The molecule has 0 saturated carbocycles. The third-order valence-corrected chi connectivity index (χ3v) is 2.87. The molecule has 0 aliphatic rings. The number of nitrogens with one attached hydrogen (secondary N) is 1. The fourth-order valence-corrected chi connectivity index (χ4v) is 1.34. The van der Waals surface area contributed by atoms with Crippen LogP contribution in [0.25, 0.3) is 0 Å². The standard InChI is InChI=1S/C13H19N3O3/c1-13(2,19-3)12(17)15-8-9-4-6-10(7-5-9)11(14)16-18/h4-7,18H,8H2,1-3H3,(H2,14,16)(H,15,17). The molecule has 0 unspecified atom stereocenters. The third-order valence-electron chi connectivity index (χ3n) is 2.87. The Kier molecular flexibility index (Phi) is 4.88. The molecule has 0 aliphatic heterocycles. The first-order chi connectivity index (χ1) is 8.90. The van der Waals surface area contributed by atoms with E-state index in [2.05, 4.69) is 10.5 Å². The number of oxime groups is 1. The molecular formula is C13H19N3O3. The SMILES string of the molecule is COC(C)(C)C(=O)NCc1ccc(/C(N)=N/O)cc1. The average Bonchev–Trinajstić information content (AvgIpc) is 2.44. The Bertz CT molecular complexity index is 467. The second-order valence-electron chi connectivity index (χ2n) is 4.58. The lowest BCUT2D eigenvalue weighted by molar-refractivity contribution is -0.139. The highest BCUT2D eigenvalue weighted by atomic mass is 16.5. The predicted octanol–water partition coefficient (Wildman–Crippen LogP) is 0.822. The van der Waals surface area contributed by atoms with Gasteiger partial charge in [0, 0.05) is 19.2 Å². The lowest BCUT2D eigenvalue weighted by Gasteiger charge is -2.21. The van der Waals surface area contributed by atoms with E-state index in [0.29, 0.717) is 12.1 Å². The van der Waals surface area contributed by atoms with Crippen molar-refractivity contribution in [1.29, 1.82) is 0 Å². The smallest absolute Gasteiger partial charge is 0.251 e. The van der Waals surface area contributed by atoms with Gasteiger partial charge in [0.05, 0.1) is 0 Å². The summed E-state index contributed by atoms with van der Waals surface area (Å²) in [5, 5.41) is 14.2. The normalized spacial score (nSPS) is 12.3. The molecule has 0 aliphatic carbocycles. The summed E-state index contributed by atoms with van der Waals surface area (Å²) in [5.41, 5.74) is 6.13. The number of rotatable bonds is 5. The molecule has 1 rings (SSSR count). The van der Waals surface area contributed by atoms with Crippen LogP contribution in [-0.2, 0) is 16.1 Å². The van der Waals surface area contributed by atoms with Gasteiger partial charge in [-0.3, -0.25) is 4.79 Å². The first-order valence-corrected chi connectivity index (χ1v) is 5.81. The molecule has 0 heterocycles. The molecule has 1 aromatic rings. The van der Waals surface area contributed by atoms with Gasteiger partial charge in [0.1, 0.15) is 5.60 Å². The summed E-state index contributed by atoms with van der Waals surface area (Å²) >= 11 is 0. The Morgan fingerprint density at radius 3 is 2.47 bits per heavy atom. The number of carbonyl (C=O) groups is 1. The van der Waals surface area contributed by atoms with E-state index in [4.69, 9.17) is 15.7 Å². The zero-order valence-corrected chi connectivity index (χ0v) is 11.3. The molecule has 4 N–H and O–H groups in total. The van der Waals surface area contributed by atoms with Gasteiger partial charge in [0.15, 0.2) is 5.84 Å². The molecule has 104 valence electrons. The minimum atomic E-state index is -0.853. The van der Waals surface area contributed by atoms with Crippen LogP contribution in [-0.4, -0.2) is 29.7 Å². The molecule has 6 heteroatoms. The van der Waals surface area contributed by atoms with E-state index < -0.39 is 5.60 Å². The van der Waals surface area contributed by atoms with E-state index in [1.807, 2.05) is 0 Å². The Balaban J connectivity index is 2.62. The van der Waals surface area contributed by atoms with Crippen molar-refractivity contribution < 1.29 is 14.7 Å². The maximum atomic E-state index is 11.8. The molecule has 19 heavy (non-hydrogen) atoms. The van der Waals surface area contributed by atoms with Gasteiger partial charge in [-0.25, -0.2) is 0 Å². The zero-order chi connectivity index (χ0) is 14.5. The molecule has 1 aromatic carbocycles. The second-order valence-corrected chi connectivity index (χ2v) is 4.58. The molecule has 0 radical (unpaired) electrons. The van der Waals surface area contributed by atoms with Gasteiger partial charge in [-0.05, 0) is 19.4 Å². The molecular weight excluding hydrogens is 246 g/mol. The van der Waals surface area contributed by atoms with Crippen molar-refractivity contribution in [3.05, 3.63) is 35.4 Å². The maximum absolute atomic E-state index is 11.8. The van der Waals surface area contributed by atoms with Crippen LogP contribution in [0, 0.1) is 0 Å². The lowest BCUT2D eigenvalue weighted by atomic mass is 10.1. The minimum absolute atomic E-state index is 0.0519. The van der Waals surface area contributed by atoms with Gasteiger partial charge in [-0.2, -0.15) is 0 Å². The van der Waals surface area contributed by atoms with Crippen molar-refractivity contribution >= 4 is 11.7 Å². The summed E-state index contributed by atoms with van der Waals surface area (Å²) in [6.07, 6.45) is 0. The number of nitrogens with two attached hydrogens (primary N) is 1. The number of amidine groups is 1. The van der Waals surface area contributed by atoms with Crippen molar-refractivity contribution in [2.45, 2.75) is 26.0 Å². The molecule has 0 spiro atoms. The molecule has 0 saturated heterocycles. The molecule has 0 aromatic heterocycles. The van der Waals surface area contributed by atoms with E-state index in [9.17, 15) is 4.79 Å². The molecule has 0 bridgehead atoms. The Hall–Kier alpha value is -2.08. The largest absolute Gasteiger partial charge is 0.409 e. The van der Waals surface area contributed by atoms with Crippen molar-refractivity contribution in [1.82, 2.24) is 5.32 Å². The topological polar surface area (TPSA) is 96.9 Å². The molecule has 6 nitrogen and oxygen atoms in total. The number of benzene rings is 1. The number of nitrogens with zero attached hydrogens (tertiary/aromatic N) is 1. The summed E-state index contributed by atoms with van der Waals surface area (Å²) in [5.74, 6) is -0.133. The summed E-state index contributed by atoms with van der Waals surface area (Å²) in [6.45, 7) is 3.79. The number of ether oxygens (including phenoxy) is 1. The van der Waals surface area contributed by atoms with E-state index in [0.717, 1.165) is 5.56 Å². The molecule has 0 atom stereocenters. The fourth-order valence-electron chi connectivity index (χ4n) is 1.34. The number of methoxy groups -OCH3 is 1. The quantitative estimate of drug-likeness (QED) is 0.318. The van der Waals surface area contributed by atoms with Crippen LogP contribution in [0.2, 0.25) is 0 Å². The summed E-state index contributed by atoms with van der Waals surface area (Å²) in [7, 11) is 1.49. The zero-order valence-electron chi connectivity index (χ0n) is 11.3. The van der Waals surface area contributed by atoms with E-state index in [1.54, 1.807) is 38.1 Å². The van der Waals surface area contributed by atoms with Crippen molar-refractivity contribution in [3.63, 3.8) is 0 Å². The van der Waals surface area contributed by atoms with Gasteiger partial charge in [-0.1, -0.05) is 29.4 Å². The Morgan fingerprint density at radius 1 is 1.42 bits per heavy atom. The van der Waals surface area contributed by atoms with Gasteiger partial charge >= 0.3 is 0 Å². The number of carbonyl (C=O) groups excluding carboxylic acids is 1. The fraction of sp³-hybridized carbons (Fsp3) is 0.385.